The van der Waals surface area contributed by atoms with Crippen LogP contribution in [-0.4, -0.2) is 25.5 Å². The number of carbonyl (C=O) groups is 1. The van der Waals surface area contributed by atoms with Crippen LogP contribution in [0.2, 0.25) is 0 Å². The van der Waals surface area contributed by atoms with E-state index < -0.39 is 0 Å². The third-order valence-corrected chi connectivity index (χ3v) is 2.66. The van der Waals surface area contributed by atoms with Gasteiger partial charge in [0, 0.05) is 12.5 Å². The molecule has 0 fully saturated rings. The molecule has 0 rings (SSSR count). The summed E-state index contributed by atoms with van der Waals surface area (Å²) in [5.74, 6) is 0.950. The molecule has 0 aliphatic heterocycles. The molecule has 2 N–H and O–H groups in total. The molecule has 0 aromatic carbocycles. The van der Waals surface area contributed by atoms with Crippen molar-refractivity contribution in [3.05, 3.63) is 0 Å². The highest BCUT2D eigenvalue weighted by Crippen LogP contribution is 2.08. The molecule has 0 spiro atoms. The van der Waals surface area contributed by atoms with E-state index in [-0.39, 0.29) is 5.91 Å². The van der Waals surface area contributed by atoms with E-state index in [1.54, 1.807) is 0 Å². The fourth-order valence-corrected chi connectivity index (χ4v) is 1.68. The Bertz CT molecular complexity index is 181. The smallest absolute Gasteiger partial charge is 0.220 e. The molecule has 0 radical (unpaired) electrons. The van der Waals surface area contributed by atoms with Gasteiger partial charge in [-0.05, 0) is 39.3 Å². The zero-order chi connectivity index (χ0) is 12.4. The van der Waals surface area contributed by atoms with Crippen LogP contribution >= 0.6 is 0 Å². The van der Waals surface area contributed by atoms with E-state index in [4.69, 9.17) is 0 Å². The summed E-state index contributed by atoms with van der Waals surface area (Å²) in [5, 5.41) is 6.09. The van der Waals surface area contributed by atoms with E-state index in [1.807, 2.05) is 7.05 Å². The van der Waals surface area contributed by atoms with Crippen molar-refractivity contribution in [2.75, 3.05) is 13.6 Å². The van der Waals surface area contributed by atoms with Gasteiger partial charge in [-0.2, -0.15) is 0 Å². The maximum atomic E-state index is 11.5. The second-order valence-electron chi connectivity index (χ2n) is 5.00. The average molecular weight is 228 g/mol. The quantitative estimate of drug-likeness (QED) is 0.595. The lowest BCUT2D eigenvalue weighted by molar-refractivity contribution is -0.121. The largest absolute Gasteiger partial charge is 0.354 e. The normalized spacial score (nSPS) is 12.8. The highest BCUT2D eigenvalue weighted by atomic mass is 16.1. The van der Waals surface area contributed by atoms with Crippen molar-refractivity contribution in [2.45, 2.75) is 58.9 Å². The van der Waals surface area contributed by atoms with E-state index in [0.29, 0.717) is 12.5 Å². The molecule has 0 aliphatic carbocycles. The van der Waals surface area contributed by atoms with Crippen LogP contribution in [-0.2, 0) is 4.79 Å². The van der Waals surface area contributed by atoms with Crippen molar-refractivity contribution in [1.29, 1.82) is 0 Å². The van der Waals surface area contributed by atoms with Gasteiger partial charge in [0.05, 0.1) is 0 Å². The fourth-order valence-electron chi connectivity index (χ4n) is 1.68. The van der Waals surface area contributed by atoms with Gasteiger partial charge in [0.25, 0.3) is 0 Å². The lowest BCUT2D eigenvalue weighted by Gasteiger charge is -2.14. The van der Waals surface area contributed by atoms with Crippen molar-refractivity contribution in [3.8, 4) is 0 Å². The second kappa shape index (κ2) is 9.64. The van der Waals surface area contributed by atoms with Crippen LogP contribution < -0.4 is 10.6 Å². The van der Waals surface area contributed by atoms with Crippen LogP contribution in [0.4, 0.5) is 0 Å². The molecule has 0 aromatic heterocycles. The Balaban J connectivity index is 3.46. The molecule has 0 bridgehead atoms. The summed E-state index contributed by atoms with van der Waals surface area (Å²) in [6.45, 7) is 7.48. The highest BCUT2D eigenvalue weighted by molar-refractivity contribution is 5.76. The molecule has 0 heterocycles. The van der Waals surface area contributed by atoms with Gasteiger partial charge in [-0.25, -0.2) is 0 Å². The van der Waals surface area contributed by atoms with Crippen molar-refractivity contribution in [3.63, 3.8) is 0 Å². The van der Waals surface area contributed by atoms with Gasteiger partial charge < -0.3 is 10.6 Å². The number of hydrogen-bond acceptors (Lipinski definition) is 2. The second-order valence-corrected chi connectivity index (χ2v) is 5.00. The van der Waals surface area contributed by atoms with Gasteiger partial charge in [-0.15, -0.1) is 0 Å². The predicted molar refractivity (Wildman–Crippen MR) is 69.5 cm³/mol. The van der Waals surface area contributed by atoms with Crippen LogP contribution in [0.25, 0.3) is 0 Å². The van der Waals surface area contributed by atoms with Gasteiger partial charge in [0.15, 0.2) is 0 Å². The number of nitrogens with one attached hydrogen (secondary N) is 2. The summed E-state index contributed by atoms with van der Waals surface area (Å²) in [7, 11) is 1.91. The number of carbonyl (C=O) groups excluding carboxylic acids is 1. The standard InChI is InChI=1S/C13H28N2O/c1-11(2)7-5-8-12(3)15-13(16)9-6-10-14-4/h11-12,14H,5-10H2,1-4H3,(H,15,16). The number of hydrogen-bond donors (Lipinski definition) is 2. The zero-order valence-electron chi connectivity index (χ0n) is 11.3. The molecule has 0 aromatic rings. The predicted octanol–water partition coefficient (Wildman–Crippen LogP) is 2.32. The first-order chi connectivity index (χ1) is 7.56. The first-order valence-corrected chi connectivity index (χ1v) is 6.50. The molecule has 1 amide bonds. The molecule has 1 unspecified atom stereocenters. The van der Waals surface area contributed by atoms with Crippen molar-refractivity contribution in [1.82, 2.24) is 10.6 Å². The third-order valence-electron chi connectivity index (χ3n) is 2.66. The molecule has 0 saturated carbocycles. The minimum Gasteiger partial charge on any atom is -0.354 e. The Morgan fingerprint density at radius 1 is 1.12 bits per heavy atom. The summed E-state index contributed by atoms with van der Waals surface area (Å²) >= 11 is 0. The molecule has 3 heteroatoms. The van der Waals surface area contributed by atoms with E-state index in [9.17, 15) is 4.79 Å². The minimum atomic E-state index is 0.187. The molecule has 0 saturated heterocycles. The van der Waals surface area contributed by atoms with Crippen LogP contribution in [0.5, 0.6) is 0 Å². The van der Waals surface area contributed by atoms with E-state index in [1.165, 1.54) is 12.8 Å². The minimum absolute atomic E-state index is 0.187. The lowest BCUT2D eigenvalue weighted by atomic mass is 10.0. The van der Waals surface area contributed by atoms with Crippen LogP contribution in [0.3, 0.4) is 0 Å². The van der Waals surface area contributed by atoms with Crippen LogP contribution in [0, 0.1) is 5.92 Å². The van der Waals surface area contributed by atoms with E-state index in [0.717, 1.165) is 25.3 Å². The number of rotatable bonds is 9. The first-order valence-electron chi connectivity index (χ1n) is 6.50. The monoisotopic (exact) mass is 228 g/mol. The SMILES string of the molecule is CNCCCC(=O)NC(C)CCCC(C)C. The maximum absolute atomic E-state index is 11.5. The molecule has 16 heavy (non-hydrogen) atoms. The molecule has 0 aliphatic rings. The Hall–Kier alpha value is -0.570. The van der Waals surface area contributed by atoms with Crippen LogP contribution in [0.1, 0.15) is 52.9 Å². The maximum Gasteiger partial charge on any atom is 0.220 e. The molecular formula is C13H28N2O. The van der Waals surface area contributed by atoms with Gasteiger partial charge in [-0.1, -0.05) is 26.7 Å². The zero-order valence-corrected chi connectivity index (χ0v) is 11.3. The van der Waals surface area contributed by atoms with Gasteiger partial charge in [-0.3, -0.25) is 4.79 Å². The molecular weight excluding hydrogens is 200 g/mol. The first kappa shape index (κ1) is 15.4. The Morgan fingerprint density at radius 2 is 1.81 bits per heavy atom. The Morgan fingerprint density at radius 3 is 2.38 bits per heavy atom. The summed E-state index contributed by atoms with van der Waals surface area (Å²) in [6, 6.07) is 0.320. The average Bonchev–Trinajstić information content (AvgIpc) is 2.17. The summed E-state index contributed by atoms with van der Waals surface area (Å²) in [6.07, 6.45) is 5.10. The topological polar surface area (TPSA) is 41.1 Å². The van der Waals surface area contributed by atoms with Gasteiger partial charge in [0.1, 0.15) is 0 Å². The van der Waals surface area contributed by atoms with Gasteiger partial charge in [0.2, 0.25) is 5.91 Å². The van der Waals surface area contributed by atoms with Crippen molar-refractivity contribution in [2.24, 2.45) is 5.92 Å². The number of amides is 1. The molecule has 1 atom stereocenters. The van der Waals surface area contributed by atoms with Crippen molar-refractivity contribution < 1.29 is 4.79 Å². The van der Waals surface area contributed by atoms with Crippen molar-refractivity contribution >= 4 is 5.91 Å². The fraction of sp³-hybridized carbons (Fsp3) is 0.923. The third kappa shape index (κ3) is 9.97. The lowest BCUT2D eigenvalue weighted by Crippen LogP contribution is -2.32. The molecule has 96 valence electrons. The van der Waals surface area contributed by atoms with E-state index in [2.05, 4.69) is 31.4 Å². The summed E-state index contributed by atoms with van der Waals surface area (Å²) < 4.78 is 0. The van der Waals surface area contributed by atoms with Crippen LogP contribution in [0.15, 0.2) is 0 Å². The van der Waals surface area contributed by atoms with Gasteiger partial charge >= 0.3 is 0 Å². The Kier molecular flexibility index (Phi) is 9.30. The summed E-state index contributed by atoms with van der Waals surface area (Å²) in [5.41, 5.74) is 0. The highest BCUT2D eigenvalue weighted by Gasteiger charge is 2.06. The Labute approximate surface area is 100 Å². The molecule has 3 nitrogen and oxygen atoms in total. The van der Waals surface area contributed by atoms with E-state index >= 15 is 0 Å². The summed E-state index contributed by atoms with van der Waals surface area (Å²) in [4.78, 5) is 11.5.